The molecule has 1 heterocycles. The van der Waals surface area contributed by atoms with Crippen LogP contribution >= 0.6 is 12.4 Å². The van der Waals surface area contributed by atoms with Crippen molar-refractivity contribution < 1.29 is 14.3 Å². The van der Waals surface area contributed by atoms with E-state index in [0.29, 0.717) is 26.1 Å². The van der Waals surface area contributed by atoms with Crippen molar-refractivity contribution in [1.82, 2.24) is 10.2 Å². The molecule has 0 radical (unpaired) electrons. The number of rotatable bonds is 3. The Morgan fingerprint density at radius 2 is 2.12 bits per heavy atom. The number of amides is 1. The molecule has 0 aromatic carbocycles. The number of likely N-dealkylation sites (tertiary alicyclic amines) is 1. The van der Waals surface area contributed by atoms with Crippen LogP contribution in [0.25, 0.3) is 0 Å². The van der Waals surface area contributed by atoms with Crippen LogP contribution in [0.4, 0.5) is 0 Å². The molecular weight excluding hydrogens is 232 g/mol. The van der Waals surface area contributed by atoms with Crippen molar-refractivity contribution in [3.05, 3.63) is 0 Å². The van der Waals surface area contributed by atoms with E-state index in [4.69, 9.17) is 4.74 Å². The van der Waals surface area contributed by atoms with Crippen LogP contribution in [-0.2, 0) is 14.3 Å². The standard InChI is InChI=1S/C10H18N2O3.ClH/c1-10(9(14)15-3)4-5-12(7-10)8(13)6-11-2;/h11H,4-7H2,1-3H3;1H. The predicted octanol–water partition coefficient (Wildman–Crippen LogP) is 0.0392. The first-order valence-corrected chi connectivity index (χ1v) is 5.04. The third kappa shape index (κ3) is 3.09. The summed E-state index contributed by atoms with van der Waals surface area (Å²) in [5.41, 5.74) is -0.530. The monoisotopic (exact) mass is 250 g/mol. The minimum Gasteiger partial charge on any atom is -0.469 e. The molecule has 1 saturated heterocycles. The lowest BCUT2D eigenvalue weighted by molar-refractivity contribution is -0.151. The fourth-order valence-electron chi connectivity index (χ4n) is 1.85. The summed E-state index contributed by atoms with van der Waals surface area (Å²) in [6.45, 7) is 3.25. The molecule has 6 heteroatoms. The number of methoxy groups -OCH3 is 1. The second kappa shape index (κ2) is 6.06. The lowest BCUT2D eigenvalue weighted by atomic mass is 9.90. The van der Waals surface area contributed by atoms with Crippen molar-refractivity contribution >= 4 is 24.3 Å². The lowest BCUT2D eigenvalue weighted by Crippen LogP contribution is -2.39. The molecule has 0 aliphatic carbocycles. The Kier molecular flexibility index (Phi) is 5.75. The molecule has 0 aromatic rings. The molecule has 1 atom stereocenters. The Labute approximate surface area is 102 Å². The van der Waals surface area contributed by atoms with Gasteiger partial charge >= 0.3 is 5.97 Å². The average molecular weight is 251 g/mol. The van der Waals surface area contributed by atoms with Gasteiger partial charge in [0, 0.05) is 13.1 Å². The molecule has 1 aliphatic rings. The van der Waals surface area contributed by atoms with Crippen LogP contribution < -0.4 is 5.32 Å². The first-order chi connectivity index (χ1) is 7.03. The Bertz CT molecular complexity index is 273. The van der Waals surface area contributed by atoms with Crippen molar-refractivity contribution in [1.29, 1.82) is 0 Å². The SMILES string of the molecule is CNCC(=O)N1CCC(C)(C(=O)OC)C1.Cl. The molecule has 1 fully saturated rings. The Balaban J connectivity index is 0.00000225. The number of ether oxygens (including phenoxy) is 1. The van der Waals surface area contributed by atoms with Gasteiger partial charge in [-0.2, -0.15) is 0 Å². The zero-order valence-electron chi connectivity index (χ0n) is 9.91. The molecule has 0 bridgehead atoms. The predicted molar refractivity (Wildman–Crippen MR) is 62.5 cm³/mol. The topological polar surface area (TPSA) is 58.6 Å². The highest BCUT2D eigenvalue weighted by Gasteiger charge is 2.42. The largest absolute Gasteiger partial charge is 0.469 e. The van der Waals surface area contributed by atoms with Gasteiger partial charge in [0.1, 0.15) is 0 Å². The summed E-state index contributed by atoms with van der Waals surface area (Å²) < 4.78 is 4.73. The molecule has 16 heavy (non-hydrogen) atoms. The molecule has 1 unspecified atom stereocenters. The molecule has 0 saturated carbocycles. The summed E-state index contributed by atoms with van der Waals surface area (Å²) in [5, 5.41) is 2.81. The number of halogens is 1. The molecule has 1 N–H and O–H groups in total. The van der Waals surface area contributed by atoms with E-state index in [-0.39, 0.29) is 24.3 Å². The van der Waals surface area contributed by atoms with E-state index in [1.807, 2.05) is 6.92 Å². The van der Waals surface area contributed by atoms with E-state index >= 15 is 0 Å². The average Bonchev–Trinajstić information content (AvgIpc) is 2.61. The van der Waals surface area contributed by atoms with Crippen LogP contribution in [0, 0.1) is 5.41 Å². The van der Waals surface area contributed by atoms with E-state index < -0.39 is 5.41 Å². The van der Waals surface area contributed by atoms with Gasteiger partial charge in [0.15, 0.2) is 0 Å². The number of esters is 1. The summed E-state index contributed by atoms with van der Waals surface area (Å²) in [6, 6.07) is 0. The van der Waals surface area contributed by atoms with Gasteiger partial charge in [0.25, 0.3) is 0 Å². The molecular formula is C10H19ClN2O3. The van der Waals surface area contributed by atoms with Crippen LogP contribution in [0.3, 0.4) is 0 Å². The molecule has 1 rings (SSSR count). The maximum absolute atomic E-state index is 11.6. The number of nitrogens with one attached hydrogen (secondary N) is 1. The third-order valence-corrected chi connectivity index (χ3v) is 2.83. The number of hydrogen-bond donors (Lipinski definition) is 1. The van der Waals surface area contributed by atoms with E-state index in [0.717, 1.165) is 0 Å². The van der Waals surface area contributed by atoms with Crippen LogP contribution in [0.15, 0.2) is 0 Å². The van der Waals surface area contributed by atoms with Gasteiger partial charge in [-0.05, 0) is 20.4 Å². The highest BCUT2D eigenvalue weighted by Crippen LogP contribution is 2.30. The molecule has 94 valence electrons. The van der Waals surface area contributed by atoms with Gasteiger partial charge in [-0.25, -0.2) is 0 Å². The molecule has 1 amide bonds. The normalized spacial score (nSPS) is 23.8. The van der Waals surface area contributed by atoms with Crippen molar-refractivity contribution in [2.24, 2.45) is 5.41 Å². The zero-order chi connectivity index (χ0) is 11.5. The van der Waals surface area contributed by atoms with Crippen molar-refractivity contribution in [2.45, 2.75) is 13.3 Å². The first kappa shape index (κ1) is 15.2. The third-order valence-electron chi connectivity index (χ3n) is 2.83. The molecule has 0 spiro atoms. The maximum Gasteiger partial charge on any atom is 0.313 e. The minimum absolute atomic E-state index is 0. The number of carbonyl (C=O) groups excluding carboxylic acids is 2. The Hall–Kier alpha value is -0.810. The molecule has 5 nitrogen and oxygen atoms in total. The van der Waals surface area contributed by atoms with Gasteiger partial charge in [-0.1, -0.05) is 0 Å². The van der Waals surface area contributed by atoms with E-state index in [9.17, 15) is 9.59 Å². The van der Waals surface area contributed by atoms with E-state index in [1.54, 1.807) is 11.9 Å². The quantitative estimate of drug-likeness (QED) is 0.719. The fourth-order valence-corrected chi connectivity index (χ4v) is 1.85. The maximum atomic E-state index is 11.6. The summed E-state index contributed by atoms with van der Waals surface area (Å²) in [6.07, 6.45) is 0.676. The lowest BCUT2D eigenvalue weighted by Gasteiger charge is -2.21. The number of hydrogen-bond acceptors (Lipinski definition) is 4. The van der Waals surface area contributed by atoms with Crippen molar-refractivity contribution in [3.8, 4) is 0 Å². The van der Waals surface area contributed by atoms with Crippen LogP contribution in [-0.4, -0.2) is 50.6 Å². The summed E-state index contributed by atoms with van der Waals surface area (Å²) in [7, 11) is 3.11. The summed E-state index contributed by atoms with van der Waals surface area (Å²) in [5.74, 6) is -0.201. The van der Waals surface area contributed by atoms with Gasteiger partial charge in [-0.3, -0.25) is 9.59 Å². The first-order valence-electron chi connectivity index (χ1n) is 5.04. The summed E-state index contributed by atoms with van der Waals surface area (Å²) in [4.78, 5) is 24.7. The van der Waals surface area contributed by atoms with Gasteiger partial charge in [-0.15, -0.1) is 12.4 Å². The smallest absolute Gasteiger partial charge is 0.313 e. The van der Waals surface area contributed by atoms with Crippen LogP contribution in [0.2, 0.25) is 0 Å². The zero-order valence-corrected chi connectivity index (χ0v) is 10.7. The van der Waals surface area contributed by atoms with E-state index in [1.165, 1.54) is 7.11 Å². The molecule has 1 aliphatic heterocycles. The summed E-state index contributed by atoms with van der Waals surface area (Å²) >= 11 is 0. The van der Waals surface area contributed by atoms with Gasteiger partial charge in [0.05, 0.1) is 19.1 Å². The Morgan fingerprint density at radius 3 is 2.62 bits per heavy atom. The second-order valence-electron chi connectivity index (χ2n) is 4.15. The van der Waals surface area contributed by atoms with Gasteiger partial charge in [0.2, 0.25) is 5.91 Å². The molecule has 0 aromatic heterocycles. The van der Waals surface area contributed by atoms with Crippen molar-refractivity contribution in [3.63, 3.8) is 0 Å². The van der Waals surface area contributed by atoms with E-state index in [2.05, 4.69) is 5.32 Å². The number of carbonyl (C=O) groups is 2. The number of nitrogens with zero attached hydrogens (tertiary/aromatic N) is 1. The van der Waals surface area contributed by atoms with Gasteiger partial charge < -0.3 is 15.0 Å². The number of likely N-dealkylation sites (N-methyl/N-ethyl adjacent to an activating group) is 1. The Morgan fingerprint density at radius 1 is 1.50 bits per heavy atom. The second-order valence-corrected chi connectivity index (χ2v) is 4.15. The fraction of sp³-hybridized carbons (Fsp3) is 0.800. The van der Waals surface area contributed by atoms with Crippen LogP contribution in [0.5, 0.6) is 0 Å². The van der Waals surface area contributed by atoms with Crippen molar-refractivity contribution in [2.75, 3.05) is 33.8 Å². The highest BCUT2D eigenvalue weighted by molar-refractivity contribution is 5.85. The highest BCUT2D eigenvalue weighted by atomic mass is 35.5. The van der Waals surface area contributed by atoms with Crippen LogP contribution in [0.1, 0.15) is 13.3 Å². The minimum atomic E-state index is -0.530.